The summed E-state index contributed by atoms with van der Waals surface area (Å²) in [6, 6.07) is 3.72. The number of hydrogen-bond donors (Lipinski definition) is 2. The third-order valence-electron chi connectivity index (χ3n) is 3.87. The van der Waals surface area contributed by atoms with Gasteiger partial charge in [0.15, 0.2) is 0 Å². The van der Waals surface area contributed by atoms with Crippen LogP contribution in [0.2, 0.25) is 0 Å². The minimum atomic E-state index is -1.26. The highest BCUT2D eigenvalue weighted by molar-refractivity contribution is 5.77. The molecule has 6 heteroatoms. The molecule has 2 unspecified atom stereocenters. The van der Waals surface area contributed by atoms with Crippen molar-refractivity contribution in [2.45, 2.75) is 53.0 Å². The van der Waals surface area contributed by atoms with Gasteiger partial charge in [0, 0.05) is 17.7 Å². The van der Waals surface area contributed by atoms with Crippen LogP contribution >= 0.6 is 0 Å². The summed E-state index contributed by atoms with van der Waals surface area (Å²) in [4.78, 5) is 11.3. The first-order valence-corrected chi connectivity index (χ1v) is 8.82. The molecule has 0 aromatic heterocycles. The van der Waals surface area contributed by atoms with Crippen LogP contribution in [0.15, 0.2) is 12.1 Å². The Bertz CT molecular complexity index is 544. The molecule has 1 rings (SSSR count). The Kier molecular flexibility index (Phi) is 8.03. The summed E-state index contributed by atoms with van der Waals surface area (Å²) in [6.45, 7) is 10.9. The fourth-order valence-electron chi connectivity index (χ4n) is 2.85. The van der Waals surface area contributed by atoms with E-state index >= 15 is 0 Å². The van der Waals surface area contributed by atoms with Crippen molar-refractivity contribution in [1.29, 1.82) is 0 Å². The number of aliphatic carboxylic acids is 1. The fraction of sp³-hybridized carbons (Fsp3) is 0.632. The monoisotopic (exact) mass is 353 g/mol. The molecule has 0 saturated heterocycles. The summed E-state index contributed by atoms with van der Waals surface area (Å²) in [5.74, 6) is 1.15. The van der Waals surface area contributed by atoms with Crippen molar-refractivity contribution in [3.8, 4) is 17.2 Å². The Hall–Kier alpha value is -1.95. The number of rotatable bonds is 11. The SMILES string of the molecule is CCOc1cc(OCC)c(CC(C)CC(C)(N)C(=O)O)c(OCC)c1. The molecule has 0 aliphatic carbocycles. The maximum atomic E-state index is 11.3. The van der Waals surface area contributed by atoms with E-state index in [1.165, 1.54) is 6.92 Å². The maximum Gasteiger partial charge on any atom is 0.323 e. The van der Waals surface area contributed by atoms with E-state index in [4.69, 9.17) is 19.9 Å². The standard InChI is InChI=1S/C19H31NO5/c1-6-23-14-10-16(24-7-2)15(17(11-14)25-8-3)9-13(4)12-19(5,20)18(21)22/h10-11,13H,6-9,12,20H2,1-5H3,(H,21,22). The summed E-state index contributed by atoms with van der Waals surface area (Å²) in [6.07, 6.45) is 0.962. The summed E-state index contributed by atoms with van der Waals surface area (Å²) >= 11 is 0. The molecule has 0 aliphatic rings. The predicted octanol–water partition coefficient (Wildman–Crippen LogP) is 3.25. The van der Waals surface area contributed by atoms with Crippen LogP contribution < -0.4 is 19.9 Å². The van der Waals surface area contributed by atoms with Crippen molar-refractivity contribution in [3.05, 3.63) is 17.7 Å². The van der Waals surface area contributed by atoms with Crippen LogP contribution in [0, 0.1) is 5.92 Å². The fourth-order valence-corrected chi connectivity index (χ4v) is 2.85. The number of carbonyl (C=O) groups is 1. The number of benzene rings is 1. The van der Waals surface area contributed by atoms with Crippen LogP contribution in [-0.4, -0.2) is 36.4 Å². The third kappa shape index (κ3) is 6.12. The molecule has 3 N–H and O–H groups in total. The zero-order valence-corrected chi connectivity index (χ0v) is 15.9. The van der Waals surface area contributed by atoms with Crippen molar-refractivity contribution in [2.75, 3.05) is 19.8 Å². The Balaban J connectivity index is 3.15. The van der Waals surface area contributed by atoms with Gasteiger partial charge in [0.05, 0.1) is 19.8 Å². The molecule has 0 saturated carbocycles. The number of ether oxygens (including phenoxy) is 3. The average molecular weight is 353 g/mol. The van der Waals surface area contributed by atoms with E-state index in [2.05, 4.69) is 0 Å². The van der Waals surface area contributed by atoms with Crippen molar-refractivity contribution < 1.29 is 24.1 Å². The second-order valence-corrected chi connectivity index (χ2v) is 6.43. The molecule has 25 heavy (non-hydrogen) atoms. The van der Waals surface area contributed by atoms with Gasteiger partial charge in [-0.3, -0.25) is 4.79 Å². The highest BCUT2D eigenvalue weighted by Crippen LogP contribution is 2.37. The van der Waals surface area contributed by atoms with E-state index in [-0.39, 0.29) is 5.92 Å². The Morgan fingerprint density at radius 2 is 1.60 bits per heavy atom. The lowest BCUT2D eigenvalue weighted by Gasteiger charge is -2.25. The zero-order chi connectivity index (χ0) is 19.0. The van der Waals surface area contributed by atoms with Gasteiger partial charge in [-0.25, -0.2) is 0 Å². The molecular weight excluding hydrogens is 322 g/mol. The largest absolute Gasteiger partial charge is 0.494 e. The molecule has 0 radical (unpaired) electrons. The number of carboxylic acids is 1. The molecular formula is C19H31NO5. The topological polar surface area (TPSA) is 91.0 Å². The first-order valence-electron chi connectivity index (χ1n) is 8.82. The van der Waals surface area contributed by atoms with Gasteiger partial charge in [0.25, 0.3) is 0 Å². The normalized spacial score (nSPS) is 14.5. The molecule has 1 aromatic rings. The van der Waals surface area contributed by atoms with Gasteiger partial charge >= 0.3 is 5.97 Å². The van der Waals surface area contributed by atoms with Crippen LogP contribution in [0.1, 0.15) is 46.6 Å². The van der Waals surface area contributed by atoms with Gasteiger partial charge < -0.3 is 25.1 Å². The first kappa shape index (κ1) is 21.1. The Morgan fingerprint density at radius 3 is 2.00 bits per heavy atom. The average Bonchev–Trinajstić information content (AvgIpc) is 2.50. The van der Waals surface area contributed by atoms with E-state index in [9.17, 15) is 9.90 Å². The Morgan fingerprint density at radius 1 is 1.12 bits per heavy atom. The van der Waals surface area contributed by atoms with E-state index in [0.717, 1.165) is 5.56 Å². The predicted molar refractivity (Wildman–Crippen MR) is 97.7 cm³/mol. The Labute approximate surface area is 150 Å². The minimum Gasteiger partial charge on any atom is -0.494 e. The lowest BCUT2D eigenvalue weighted by molar-refractivity contribution is -0.143. The van der Waals surface area contributed by atoms with Crippen LogP contribution in [0.5, 0.6) is 17.2 Å². The number of nitrogens with two attached hydrogens (primary N) is 1. The minimum absolute atomic E-state index is 0.0439. The molecule has 1 aromatic carbocycles. The quantitative estimate of drug-likeness (QED) is 0.634. The molecule has 0 aliphatic heterocycles. The van der Waals surface area contributed by atoms with Crippen molar-refractivity contribution >= 4 is 5.97 Å². The first-order chi connectivity index (χ1) is 11.7. The van der Waals surface area contributed by atoms with Gasteiger partial charge in [0.1, 0.15) is 22.8 Å². The zero-order valence-electron chi connectivity index (χ0n) is 15.9. The lowest BCUT2D eigenvalue weighted by atomic mass is 9.86. The second kappa shape index (κ2) is 9.51. The molecule has 0 amide bonds. The number of hydrogen-bond acceptors (Lipinski definition) is 5. The third-order valence-corrected chi connectivity index (χ3v) is 3.87. The molecule has 0 fully saturated rings. The molecule has 0 spiro atoms. The van der Waals surface area contributed by atoms with Crippen molar-refractivity contribution in [1.82, 2.24) is 0 Å². The molecule has 142 valence electrons. The molecule has 0 heterocycles. The van der Waals surface area contributed by atoms with Gasteiger partial charge in [-0.05, 0) is 46.5 Å². The van der Waals surface area contributed by atoms with Crippen LogP contribution in [-0.2, 0) is 11.2 Å². The highest BCUT2D eigenvalue weighted by Gasteiger charge is 2.30. The summed E-state index contributed by atoms with van der Waals surface area (Å²) in [5, 5.41) is 9.24. The van der Waals surface area contributed by atoms with E-state index < -0.39 is 11.5 Å². The number of carboxylic acid groups (broad SMARTS) is 1. The van der Waals surface area contributed by atoms with E-state index in [1.54, 1.807) is 0 Å². The van der Waals surface area contributed by atoms with Gasteiger partial charge in [0.2, 0.25) is 0 Å². The summed E-state index contributed by atoms with van der Waals surface area (Å²) in [7, 11) is 0. The highest BCUT2D eigenvalue weighted by atomic mass is 16.5. The molecule has 0 bridgehead atoms. The summed E-state index contributed by atoms with van der Waals surface area (Å²) in [5.41, 5.74) is 5.54. The van der Waals surface area contributed by atoms with Crippen LogP contribution in [0.4, 0.5) is 0 Å². The lowest BCUT2D eigenvalue weighted by Crippen LogP contribution is -2.46. The van der Waals surface area contributed by atoms with Crippen molar-refractivity contribution in [2.24, 2.45) is 11.7 Å². The smallest absolute Gasteiger partial charge is 0.323 e. The van der Waals surface area contributed by atoms with Crippen molar-refractivity contribution in [3.63, 3.8) is 0 Å². The molecule has 6 nitrogen and oxygen atoms in total. The van der Waals surface area contributed by atoms with Gasteiger partial charge in [-0.15, -0.1) is 0 Å². The van der Waals surface area contributed by atoms with Gasteiger partial charge in [-0.1, -0.05) is 6.92 Å². The summed E-state index contributed by atoms with van der Waals surface area (Å²) < 4.78 is 17.2. The van der Waals surface area contributed by atoms with E-state index in [0.29, 0.717) is 49.9 Å². The van der Waals surface area contributed by atoms with E-state index in [1.807, 2.05) is 39.8 Å². The maximum absolute atomic E-state index is 11.3. The van der Waals surface area contributed by atoms with Gasteiger partial charge in [-0.2, -0.15) is 0 Å². The second-order valence-electron chi connectivity index (χ2n) is 6.43. The molecule has 2 atom stereocenters. The van der Waals surface area contributed by atoms with Crippen LogP contribution in [0.3, 0.4) is 0 Å². The van der Waals surface area contributed by atoms with Crippen LogP contribution in [0.25, 0.3) is 0 Å².